The Hall–Kier alpha value is -3.06. The Kier molecular flexibility index (Phi) is 5.90. The molecule has 4 rings (SSSR count). The van der Waals surface area contributed by atoms with Gasteiger partial charge in [0.2, 0.25) is 5.28 Å². The van der Waals surface area contributed by atoms with Crippen molar-refractivity contribution < 1.29 is 14.3 Å². The van der Waals surface area contributed by atoms with Gasteiger partial charge in [-0.3, -0.25) is 4.79 Å². The van der Waals surface area contributed by atoms with Crippen molar-refractivity contribution in [1.29, 1.82) is 0 Å². The molecule has 0 unspecified atom stereocenters. The standard InChI is InChI=1S/C22H23ClN4O3/c1-29-18-12-16-17(13-19(18)30-2)25-22(23)26-20(16)24-15-8-6-7-14(11-15)21(28)27-9-4-3-5-10-27/h6-8,11-13H,3-5,9-10H2,1-2H3,(H,24,25,26). The Morgan fingerprint density at radius 1 is 1.03 bits per heavy atom. The third kappa shape index (κ3) is 4.11. The summed E-state index contributed by atoms with van der Waals surface area (Å²) in [5.74, 6) is 1.69. The summed E-state index contributed by atoms with van der Waals surface area (Å²) in [6.07, 6.45) is 3.29. The summed E-state index contributed by atoms with van der Waals surface area (Å²) in [4.78, 5) is 23.4. The molecular formula is C22H23ClN4O3. The number of aromatic nitrogens is 2. The number of ether oxygens (including phenoxy) is 2. The van der Waals surface area contributed by atoms with E-state index in [0.29, 0.717) is 28.4 Å². The van der Waals surface area contributed by atoms with Crippen LogP contribution in [0.25, 0.3) is 10.9 Å². The molecule has 1 amide bonds. The zero-order chi connectivity index (χ0) is 21.1. The number of fused-ring (bicyclic) bond motifs is 1. The number of hydrogen-bond acceptors (Lipinski definition) is 6. The first kappa shape index (κ1) is 20.2. The van der Waals surface area contributed by atoms with Crippen LogP contribution in [-0.4, -0.2) is 48.1 Å². The van der Waals surface area contributed by atoms with Gasteiger partial charge in [0.1, 0.15) is 5.82 Å². The Balaban J connectivity index is 1.68. The zero-order valence-corrected chi connectivity index (χ0v) is 17.7. The first-order valence-corrected chi connectivity index (χ1v) is 10.2. The number of carbonyl (C=O) groups excluding carboxylic acids is 1. The largest absolute Gasteiger partial charge is 0.493 e. The van der Waals surface area contributed by atoms with E-state index in [9.17, 15) is 4.79 Å². The minimum atomic E-state index is 0.0512. The van der Waals surface area contributed by atoms with Gasteiger partial charge in [0.25, 0.3) is 5.91 Å². The quantitative estimate of drug-likeness (QED) is 0.597. The number of benzene rings is 2. The second kappa shape index (κ2) is 8.75. The van der Waals surface area contributed by atoms with E-state index in [0.717, 1.165) is 37.0 Å². The summed E-state index contributed by atoms with van der Waals surface area (Å²) in [6.45, 7) is 1.62. The van der Waals surface area contributed by atoms with Crippen LogP contribution in [0.5, 0.6) is 11.5 Å². The molecule has 7 nitrogen and oxygen atoms in total. The smallest absolute Gasteiger partial charge is 0.253 e. The number of rotatable bonds is 5. The molecular weight excluding hydrogens is 404 g/mol. The number of nitrogens with zero attached hydrogens (tertiary/aromatic N) is 3. The van der Waals surface area contributed by atoms with E-state index in [1.54, 1.807) is 26.4 Å². The number of nitrogens with one attached hydrogen (secondary N) is 1. The zero-order valence-electron chi connectivity index (χ0n) is 16.9. The third-order valence-electron chi connectivity index (χ3n) is 5.19. The number of piperidine rings is 1. The minimum absolute atomic E-state index is 0.0512. The van der Waals surface area contributed by atoms with Crippen LogP contribution in [0, 0.1) is 0 Å². The van der Waals surface area contributed by atoms with Gasteiger partial charge in [-0.2, -0.15) is 4.98 Å². The van der Waals surface area contributed by atoms with E-state index in [-0.39, 0.29) is 11.2 Å². The molecule has 156 valence electrons. The molecule has 2 heterocycles. The molecule has 1 saturated heterocycles. The summed E-state index contributed by atoms with van der Waals surface area (Å²) in [7, 11) is 3.14. The van der Waals surface area contributed by atoms with Crippen LogP contribution in [0.3, 0.4) is 0 Å². The molecule has 1 N–H and O–H groups in total. The van der Waals surface area contributed by atoms with Crippen molar-refractivity contribution in [2.24, 2.45) is 0 Å². The Bertz CT molecular complexity index is 1080. The maximum absolute atomic E-state index is 12.8. The van der Waals surface area contributed by atoms with E-state index in [1.807, 2.05) is 29.2 Å². The lowest BCUT2D eigenvalue weighted by Crippen LogP contribution is -2.35. The summed E-state index contributed by atoms with van der Waals surface area (Å²) in [5, 5.41) is 4.11. The van der Waals surface area contributed by atoms with Crippen LogP contribution in [-0.2, 0) is 0 Å². The van der Waals surface area contributed by atoms with E-state index in [4.69, 9.17) is 21.1 Å². The number of halogens is 1. The summed E-state index contributed by atoms with van der Waals surface area (Å²) < 4.78 is 10.8. The molecule has 30 heavy (non-hydrogen) atoms. The molecule has 0 spiro atoms. The fourth-order valence-electron chi connectivity index (χ4n) is 3.67. The SMILES string of the molecule is COc1cc2nc(Cl)nc(Nc3cccc(C(=O)N4CCCCC4)c3)c2cc1OC. The van der Waals surface area contributed by atoms with Gasteiger partial charge in [-0.1, -0.05) is 6.07 Å². The molecule has 2 aromatic carbocycles. The van der Waals surface area contributed by atoms with E-state index in [2.05, 4.69) is 15.3 Å². The lowest BCUT2D eigenvalue weighted by atomic mass is 10.1. The molecule has 0 saturated carbocycles. The van der Waals surface area contributed by atoms with E-state index >= 15 is 0 Å². The Morgan fingerprint density at radius 2 is 1.77 bits per heavy atom. The first-order valence-electron chi connectivity index (χ1n) is 9.84. The highest BCUT2D eigenvalue weighted by Crippen LogP contribution is 2.35. The molecule has 0 radical (unpaired) electrons. The topological polar surface area (TPSA) is 76.6 Å². The highest BCUT2D eigenvalue weighted by molar-refractivity contribution is 6.28. The van der Waals surface area contributed by atoms with Gasteiger partial charge in [-0.25, -0.2) is 4.98 Å². The molecule has 1 fully saturated rings. The van der Waals surface area contributed by atoms with Crippen LogP contribution < -0.4 is 14.8 Å². The maximum atomic E-state index is 12.8. The van der Waals surface area contributed by atoms with Crippen molar-refractivity contribution >= 4 is 39.9 Å². The second-order valence-corrected chi connectivity index (χ2v) is 7.46. The number of likely N-dealkylation sites (tertiary alicyclic amines) is 1. The Labute approximate surface area is 180 Å². The van der Waals surface area contributed by atoms with Crippen LogP contribution in [0.15, 0.2) is 36.4 Å². The van der Waals surface area contributed by atoms with Crippen LogP contribution in [0.4, 0.5) is 11.5 Å². The molecule has 0 aliphatic carbocycles. The number of carbonyl (C=O) groups is 1. The fourth-order valence-corrected chi connectivity index (χ4v) is 3.84. The molecule has 8 heteroatoms. The fraction of sp³-hybridized carbons (Fsp3) is 0.318. The van der Waals surface area contributed by atoms with Gasteiger partial charge in [0, 0.05) is 35.8 Å². The van der Waals surface area contributed by atoms with Crippen LogP contribution >= 0.6 is 11.6 Å². The summed E-state index contributed by atoms with van der Waals surface area (Å²) >= 11 is 6.15. The van der Waals surface area contributed by atoms with E-state index < -0.39 is 0 Å². The first-order chi connectivity index (χ1) is 14.6. The van der Waals surface area contributed by atoms with Crippen molar-refractivity contribution in [3.05, 3.63) is 47.2 Å². The monoisotopic (exact) mass is 426 g/mol. The van der Waals surface area contributed by atoms with Gasteiger partial charge in [-0.15, -0.1) is 0 Å². The normalized spacial score (nSPS) is 13.9. The van der Waals surface area contributed by atoms with Gasteiger partial charge in [0.15, 0.2) is 11.5 Å². The summed E-state index contributed by atoms with van der Waals surface area (Å²) in [6, 6.07) is 11.0. The van der Waals surface area contributed by atoms with Crippen molar-refractivity contribution in [3.63, 3.8) is 0 Å². The lowest BCUT2D eigenvalue weighted by molar-refractivity contribution is 0.0724. The van der Waals surface area contributed by atoms with Crippen molar-refractivity contribution in [2.45, 2.75) is 19.3 Å². The van der Waals surface area contributed by atoms with Crippen LogP contribution in [0.2, 0.25) is 5.28 Å². The van der Waals surface area contributed by atoms with E-state index in [1.165, 1.54) is 6.42 Å². The number of anilines is 2. The minimum Gasteiger partial charge on any atom is -0.493 e. The van der Waals surface area contributed by atoms with Gasteiger partial charge >= 0.3 is 0 Å². The third-order valence-corrected chi connectivity index (χ3v) is 5.36. The molecule has 0 bridgehead atoms. The average molecular weight is 427 g/mol. The molecule has 1 aliphatic heterocycles. The lowest BCUT2D eigenvalue weighted by Gasteiger charge is -2.26. The number of amides is 1. The molecule has 0 atom stereocenters. The second-order valence-electron chi connectivity index (χ2n) is 7.12. The van der Waals surface area contributed by atoms with Crippen molar-refractivity contribution in [2.75, 3.05) is 32.6 Å². The molecule has 3 aromatic rings. The highest BCUT2D eigenvalue weighted by atomic mass is 35.5. The summed E-state index contributed by atoms with van der Waals surface area (Å²) in [5.41, 5.74) is 2.00. The Morgan fingerprint density at radius 3 is 2.50 bits per heavy atom. The molecule has 1 aliphatic rings. The molecule has 1 aromatic heterocycles. The van der Waals surface area contributed by atoms with Gasteiger partial charge in [0.05, 0.1) is 19.7 Å². The van der Waals surface area contributed by atoms with Crippen molar-refractivity contribution in [3.8, 4) is 11.5 Å². The average Bonchev–Trinajstić information content (AvgIpc) is 2.78. The van der Waals surface area contributed by atoms with Crippen LogP contribution in [0.1, 0.15) is 29.6 Å². The predicted octanol–water partition coefficient (Wildman–Crippen LogP) is 4.67. The number of hydrogen-bond donors (Lipinski definition) is 1. The van der Waals surface area contributed by atoms with Gasteiger partial charge in [-0.05, 0) is 55.1 Å². The maximum Gasteiger partial charge on any atom is 0.253 e. The van der Waals surface area contributed by atoms with Gasteiger partial charge < -0.3 is 19.7 Å². The number of methoxy groups -OCH3 is 2. The highest BCUT2D eigenvalue weighted by Gasteiger charge is 2.19. The van der Waals surface area contributed by atoms with Crippen molar-refractivity contribution in [1.82, 2.24) is 14.9 Å². The predicted molar refractivity (Wildman–Crippen MR) is 117 cm³/mol.